The molecule has 1 unspecified atom stereocenters. The van der Waals surface area contributed by atoms with Gasteiger partial charge in [-0.05, 0) is 6.42 Å². The van der Waals surface area contributed by atoms with E-state index in [0.717, 1.165) is 18.6 Å². The van der Waals surface area contributed by atoms with Crippen molar-refractivity contribution in [2.45, 2.75) is 32.2 Å². The van der Waals surface area contributed by atoms with Gasteiger partial charge in [0, 0.05) is 24.8 Å². The highest BCUT2D eigenvalue weighted by Crippen LogP contribution is 2.10. The number of nitrogens with one attached hydrogen (secondary N) is 1. The zero-order valence-electron chi connectivity index (χ0n) is 7.95. The molecule has 0 aromatic rings. The normalized spacial score (nSPS) is 12.5. The van der Waals surface area contributed by atoms with Crippen molar-refractivity contribution in [1.82, 2.24) is 5.32 Å². The summed E-state index contributed by atoms with van der Waals surface area (Å²) in [5, 5.41) is 2.93. The molecule has 3 nitrogen and oxygen atoms in total. The molecular formula is C8H18N2OS2. The van der Waals surface area contributed by atoms with Gasteiger partial charge in [-0.3, -0.25) is 4.79 Å². The molecule has 0 aliphatic heterocycles. The number of hydrogen-bond acceptors (Lipinski definition) is 4. The highest BCUT2D eigenvalue weighted by Gasteiger charge is 2.09. The van der Waals surface area contributed by atoms with E-state index in [1.54, 1.807) is 0 Å². The van der Waals surface area contributed by atoms with E-state index >= 15 is 0 Å². The van der Waals surface area contributed by atoms with Crippen LogP contribution in [0.1, 0.15) is 26.2 Å². The molecule has 0 spiro atoms. The molecule has 0 aromatic heterocycles. The molecule has 0 aromatic carbocycles. The molecule has 0 aliphatic carbocycles. The van der Waals surface area contributed by atoms with E-state index in [0.29, 0.717) is 13.0 Å². The molecule has 0 bridgehead atoms. The van der Waals surface area contributed by atoms with Crippen LogP contribution in [0.3, 0.4) is 0 Å². The van der Waals surface area contributed by atoms with Crippen molar-refractivity contribution in [2.75, 3.05) is 12.3 Å². The largest absolute Gasteiger partial charge is 0.352 e. The van der Waals surface area contributed by atoms with Gasteiger partial charge in [0.2, 0.25) is 5.91 Å². The fourth-order valence-electron chi connectivity index (χ4n) is 1.07. The monoisotopic (exact) mass is 222 g/mol. The molecule has 0 rings (SSSR count). The Kier molecular flexibility index (Phi) is 8.80. The van der Waals surface area contributed by atoms with Crippen LogP contribution in [0.25, 0.3) is 0 Å². The zero-order chi connectivity index (χ0) is 10.1. The van der Waals surface area contributed by atoms with Crippen LogP contribution < -0.4 is 11.1 Å². The second-order valence-electron chi connectivity index (χ2n) is 2.89. The Morgan fingerprint density at radius 2 is 2.38 bits per heavy atom. The highest BCUT2D eigenvalue weighted by molar-refractivity contribution is 8.68. The summed E-state index contributed by atoms with van der Waals surface area (Å²) in [7, 11) is 1.46. The van der Waals surface area contributed by atoms with Crippen molar-refractivity contribution >= 4 is 28.4 Å². The number of carbonyl (C=O) groups excluding carboxylic acids is 1. The maximum Gasteiger partial charge on any atom is 0.221 e. The summed E-state index contributed by atoms with van der Waals surface area (Å²) in [6.07, 6.45) is 2.49. The van der Waals surface area contributed by atoms with Crippen molar-refractivity contribution in [3.63, 3.8) is 0 Å². The first kappa shape index (κ1) is 13.1. The van der Waals surface area contributed by atoms with Crippen LogP contribution >= 0.6 is 22.5 Å². The van der Waals surface area contributed by atoms with E-state index in [4.69, 9.17) is 5.73 Å². The lowest BCUT2D eigenvalue weighted by molar-refractivity contribution is -0.121. The first-order chi connectivity index (χ1) is 6.24. The lowest BCUT2D eigenvalue weighted by Crippen LogP contribution is -2.37. The van der Waals surface area contributed by atoms with Gasteiger partial charge in [-0.15, -0.1) is 11.7 Å². The van der Waals surface area contributed by atoms with Crippen LogP contribution in [-0.4, -0.2) is 24.2 Å². The fourth-order valence-corrected chi connectivity index (χ4v) is 2.04. The summed E-state index contributed by atoms with van der Waals surface area (Å²) >= 11 is 4.07. The zero-order valence-corrected chi connectivity index (χ0v) is 9.66. The Bertz CT molecular complexity index is 138. The van der Waals surface area contributed by atoms with E-state index in [9.17, 15) is 4.79 Å². The quantitative estimate of drug-likeness (QED) is 0.448. The van der Waals surface area contributed by atoms with E-state index in [2.05, 4.69) is 23.9 Å². The van der Waals surface area contributed by atoms with Crippen LogP contribution in [0.5, 0.6) is 0 Å². The Labute approximate surface area is 89.0 Å². The van der Waals surface area contributed by atoms with E-state index in [-0.39, 0.29) is 11.9 Å². The number of rotatable bonds is 7. The van der Waals surface area contributed by atoms with Crippen LogP contribution in [0, 0.1) is 0 Å². The molecule has 0 heterocycles. The molecule has 0 aliphatic rings. The van der Waals surface area contributed by atoms with E-state index in [1.807, 2.05) is 0 Å². The number of nitrogens with two attached hydrogens (primary N) is 1. The number of amides is 1. The number of thiol groups is 1. The molecule has 1 amide bonds. The highest BCUT2D eigenvalue weighted by atomic mass is 33.1. The molecule has 0 saturated heterocycles. The minimum absolute atomic E-state index is 0.0448. The third-order valence-electron chi connectivity index (χ3n) is 1.65. The van der Waals surface area contributed by atoms with Gasteiger partial charge in [0.15, 0.2) is 0 Å². The molecule has 5 heteroatoms. The maximum atomic E-state index is 11.2. The van der Waals surface area contributed by atoms with Crippen molar-refractivity contribution in [3.05, 3.63) is 0 Å². The smallest absolute Gasteiger partial charge is 0.221 e. The predicted molar refractivity (Wildman–Crippen MR) is 62.0 cm³/mol. The van der Waals surface area contributed by atoms with Gasteiger partial charge in [0.1, 0.15) is 0 Å². The van der Waals surface area contributed by atoms with Gasteiger partial charge in [-0.1, -0.05) is 24.1 Å². The molecule has 0 saturated carbocycles. The van der Waals surface area contributed by atoms with Crippen molar-refractivity contribution in [3.8, 4) is 0 Å². The van der Waals surface area contributed by atoms with Crippen molar-refractivity contribution < 1.29 is 4.79 Å². The Morgan fingerprint density at radius 1 is 1.69 bits per heavy atom. The molecular weight excluding hydrogens is 204 g/mol. The number of hydrogen-bond donors (Lipinski definition) is 3. The standard InChI is InChI=1S/C8H18N2OS2/c1-2-3-7(6-13-12)10-8(11)4-5-9/h7,12H,2-6,9H2,1H3,(H,10,11). The second-order valence-corrected chi connectivity index (χ2v) is 4.25. The summed E-state index contributed by atoms with van der Waals surface area (Å²) in [4.78, 5) is 11.2. The van der Waals surface area contributed by atoms with Crippen molar-refractivity contribution in [2.24, 2.45) is 5.73 Å². The van der Waals surface area contributed by atoms with E-state index in [1.165, 1.54) is 10.8 Å². The summed E-state index contributed by atoms with van der Waals surface area (Å²) < 4.78 is 0. The summed E-state index contributed by atoms with van der Waals surface area (Å²) in [5.41, 5.74) is 5.27. The third-order valence-corrected chi connectivity index (χ3v) is 2.65. The van der Waals surface area contributed by atoms with Gasteiger partial charge < -0.3 is 11.1 Å². The molecule has 13 heavy (non-hydrogen) atoms. The summed E-state index contributed by atoms with van der Waals surface area (Å²) in [6.45, 7) is 2.52. The summed E-state index contributed by atoms with van der Waals surface area (Å²) in [6, 6.07) is 0.242. The van der Waals surface area contributed by atoms with Gasteiger partial charge in [0.25, 0.3) is 0 Å². The minimum atomic E-state index is 0.0448. The van der Waals surface area contributed by atoms with Crippen LogP contribution in [0.15, 0.2) is 0 Å². The SMILES string of the molecule is CCCC(CSS)NC(=O)CCN. The minimum Gasteiger partial charge on any atom is -0.352 e. The van der Waals surface area contributed by atoms with Gasteiger partial charge in [0.05, 0.1) is 0 Å². The van der Waals surface area contributed by atoms with Gasteiger partial charge >= 0.3 is 0 Å². The lowest BCUT2D eigenvalue weighted by Gasteiger charge is -2.16. The molecule has 1 atom stereocenters. The average molecular weight is 222 g/mol. The Balaban J connectivity index is 3.71. The molecule has 0 fully saturated rings. The number of carbonyl (C=O) groups is 1. The first-order valence-corrected chi connectivity index (χ1v) is 6.54. The lowest BCUT2D eigenvalue weighted by atomic mass is 10.2. The first-order valence-electron chi connectivity index (χ1n) is 4.50. The summed E-state index contributed by atoms with van der Waals surface area (Å²) in [5.74, 6) is 0.899. The van der Waals surface area contributed by atoms with Gasteiger partial charge in [-0.2, -0.15) is 0 Å². The van der Waals surface area contributed by atoms with Crippen LogP contribution in [0.4, 0.5) is 0 Å². The third kappa shape index (κ3) is 7.22. The predicted octanol–water partition coefficient (Wildman–Crippen LogP) is 1.20. The van der Waals surface area contributed by atoms with Crippen molar-refractivity contribution in [1.29, 1.82) is 0 Å². The molecule has 0 radical (unpaired) electrons. The fraction of sp³-hybridized carbons (Fsp3) is 0.875. The average Bonchev–Trinajstić information content (AvgIpc) is 2.05. The molecule has 78 valence electrons. The Morgan fingerprint density at radius 3 is 2.85 bits per heavy atom. The Hall–Kier alpha value is 0.130. The van der Waals surface area contributed by atoms with Crippen LogP contribution in [0.2, 0.25) is 0 Å². The second kappa shape index (κ2) is 8.72. The molecule has 3 N–H and O–H groups in total. The topological polar surface area (TPSA) is 55.1 Å². The van der Waals surface area contributed by atoms with Crippen LogP contribution in [-0.2, 0) is 4.79 Å². The van der Waals surface area contributed by atoms with Gasteiger partial charge in [-0.25, -0.2) is 0 Å². The maximum absolute atomic E-state index is 11.2. The van der Waals surface area contributed by atoms with E-state index < -0.39 is 0 Å².